The molecular weight excluding hydrogens is 229 g/mol. The summed E-state index contributed by atoms with van der Waals surface area (Å²) in [5.41, 5.74) is -1.32. The first-order valence-electron chi connectivity index (χ1n) is 6.38. The van der Waals surface area contributed by atoms with Crippen molar-refractivity contribution >= 4 is 0 Å². The maximum absolute atomic E-state index is 15.2. The fraction of sp³-hybridized carbons (Fsp3) is 0.533. The van der Waals surface area contributed by atoms with Gasteiger partial charge < -0.3 is 4.98 Å². The van der Waals surface area contributed by atoms with E-state index >= 15 is 4.39 Å². The number of terminal acetylenes is 1. The second kappa shape index (κ2) is 5.86. The lowest BCUT2D eigenvalue weighted by Gasteiger charge is -2.30. The van der Waals surface area contributed by atoms with Crippen LogP contribution in [0.4, 0.5) is 4.39 Å². The van der Waals surface area contributed by atoms with Crippen LogP contribution in [-0.2, 0) is 5.67 Å². The van der Waals surface area contributed by atoms with E-state index in [0.29, 0.717) is 24.8 Å². The number of nitrogens with one attached hydrogen (secondary N) is 1. The molecular formula is C15H20FNO. The zero-order valence-electron chi connectivity index (χ0n) is 11.2. The summed E-state index contributed by atoms with van der Waals surface area (Å²) in [5.74, 6) is 2.21. The molecule has 0 spiro atoms. The normalized spacial score (nSPS) is 15.7. The van der Waals surface area contributed by atoms with Crippen molar-refractivity contribution in [2.45, 2.75) is 45.7 Å². The minimum absolute atomic E-state index is 0.161. The summed E-state index contributed by atoms with van der Waals surface area (Å²) in [7, 11) is 0. The Morgan fingerprint density at radius 2 is 2.22 bits per heavy atom. The van der Waals surface area contributed by atoms with E-state index in [0.717, 1.165) is 0 Å². The Morgan fingerprint density at radius 1 is 1.56 bits per heavy atom. The largest absolute Gasteiger partial charge is 0.328 e. The number of alkyl halides is 1. The van der Waals surface area contributed by atoms with Gasteiger partial charge in [-0.25, -0.2) is 4.39 Å². The van der Waals surface area contributed by atoms with E-state index in [1.807, 2.05) is 20.8 Å². The van der Waals surface area contributed by atoms with Gasteiger partial charge in [-0.3, -0.25) is 4.79 Å². The van der Waals surface area contributed by atoms with Crippen LogP contribution in [-0.4, -0.2) is 4.98 Å². The maximum Gasteiger partial charge on any atom is 0.254 e. The summed E-state index contributed by atoms with van der Waals surface area (Å²) in [6.45, 7) is 5.67. The molecule has 0 saturated carbocycles. The van der Waals surface area contributed by atoms with E-state index in [-0.39, 0.29) is 17.0 Å². The summed E-state index contributed by atoms with van der Waals surface area (Å²) < 4.78 is 15.2. The first-order valence-corrected chi connectivity index (χ1v) is 6.38. The molecule has 1 heterocycles. The Kier molecular flexibility index (Phi) is 4.72. The zero-order valence-corrected chi connectivity index (χ0v) is 11.2. The van der Waals surface area contributed by atoms with Crippen LogP contribution >= 0.6 is 0 Å². The number of rotatable bonds is 5. The van der Waals surface area contributed by atoms with Crippen molar-refractivity contribution in [2.24, 2.45) is 5.92 Å². The minimum atomic E-state index is -1.61. The average Bonchev–Trinajstić information content (AvgIpc) is 2.38. The third kappa shape index (κ3) is 2.64. The van der Waals surface area contributed by atoms with Crippen LogP contribution in [0.25, 0.3) is 0 Å². The van der Waals surface area contributed by atoms with Gasteiger partial charge in [-0.1, -0.05) is 39.5 Å². The predicted molar refractivity (Wildman–Crippen MR) is 72.1 cm³/mol. The summed E-state index contributed by atoms with van der Waals surface area (Å²) >= 11 is 0. The number of hydrogen-bond donors (Lipinski definition) is 1. The van der Waals surface area contributed by atoms with Gasteiger partial charge in [-0.15, -0.1) is 6.42 Å². The van der Waals surface area contributed by atoms with E-state index in [1.54, 1.807) is 0 Å². The molecule has 98 valence electrons. The van der Waals surface area contributed by atoms with Crippen LogP contribution in [0, 0.1) is 18.3 Å². The highest BCUT2D eigenvalue weighted by Gasteiger charge is 2.38. The highest BCUT2D eigenvalue weighted by Crippen LogP contribution is 2.38. The van der Waals surface area contributed by atoms with Crippen LogP contribution < -0.4 is 5.56 Å². The first-order chi connectivity index (χ1) is 8.49. The number of aromatic amines is 1. The molecule has 0 aliphatic heterocycles. The lowest BCUT2D eigenvalue weighted by molar-refractivity contribution is 0.0720. The fourth-order valence-corrected chi connectivity index (χ4v) is 2.21. The van der Waals surface area contributed by atoms with Crippen LogP contribution in [0.2, 0.25) is 0 Å². The summed E-state index contributed by atoms with van der Waals surface area (Å²) in [6.07, 6.45) is 8.43. The number of aromatic nitrogens is 1. The van der Waals surface area contributed by atoms with Crippen LogP contribution in [0.5, 0.6) is 0 Å². The van der Waals surface area contributed by atoms with Gasteiger partial charge in [0.2, 0.25) is 0 Å². The van der Waals surface area contributed by atoms with Gasteiger partial charge in [0.1, 0.15) is 5.67 Å². The first kappa shape index (κ1) is 14.5. The quantitative estimate of drug-likeness (QED) is 0.797. The van der Waals surface area contributed by atoms with E-state index in [9.17, 15) is 4.79 Å². The zero-order chi connectivity index (χ0) is 13.8. The minimum Gasteiger partial charge on any atom is -0.328 e. The number of H-pyrrole nitrogens is 1. The van der Waals surface area contributed by atoms with Gasteiger partial charge >= 0.3 is 0 Å². The Morgan fingerprint density at radius 3 is 2.72 bits per heavy atom. The van der Waals surface area contributed by atoms with Crippen molar-refractivity contribution in [3.05, 3.63) is 33.7 Å². The molecule has 2 nitrogen and oxygen atoms in total. The standard InChI is InChI=1S/C15H20FNO/c1-5-8-15(16,11(4)6-2)13-9-12(7-3)10-17-14(13)18/h3,9-11H,5-6,8H2,1-2,4H3,(H,17,18)/t11?,15-/m1/s1. The molecule has 0 radical (unpaired) electrons. The second-order valence-corrected chi connectivity index (χ2v) is 4.70. The van der Waals surface area contributed by atoms with Crippen molar-refractivity contribution in [1.29, 1.82) is 0 Å². The Balaban J connectivity index is 3.38. The summed E-state index contributed by atoms with van der Waals surface area (Å²) in [5, 5.41) is 0. The Labute approximate surface area is 108 Å². The Hall–Kier alpha value is -1.56. The van der Waals surface area contributed by atoms with Crippen molar-refractivity contribution in [2.75, 3.05) is 0 Å². The lowest BCUT2D eigenvalue weighted by Crippen LogP contribution is -2.34. The average molecular weight is 249 g/mol. The molecule has 2 atom stereocenters. The summed E-state index contributed by atoms with van der Waals surface area (Å²) in [6, 6.07) is 1.50. The van der Waals surface area contributed by atoms with E-state index in [1.165, 1.54) is 12.3 Å². The smallest absolute Gasteiger partial charge is 0.254 e. The molecule has 1 unspecified atom stereocenters. The van der Waals surface area contributed by atoms with Crippen molar-refractivity contribution in [3.8, 4) is 12.3 Å². The van der Waals surface area contributed by atoms with Gasteiger partial charge in [-0.05, 0) is 18.4 Å². The fourth-order valence-electron chi connectivity index (χ4n) is 2.21. The number of hydrogen-bond acceptors (Lipinski definition) is 1. The third-order valence-electron chi connectivity index (χ3n) is 3.52. The molecule has 1 N–H and O–H groups in total. The Bertz CT molecular complexity index is 500. The molecule has 0 saturated heterocycles. The summed E-state index contributed by atoms with van der Waals surface area (Å²) in [4.78, 5) is 14.4. The molecule has 0 aliphatic carbocycles. The van der Waals surface area contributed by atoms with E-state index < -0.39 is 5.67 Å². The highest BCUT2D eigenvalue weighted by atomic mass is 19.1. The molecule has 0 aliphatic rings. The topological polar surface area (TPSA) is 32.9 Å². The third-order valence-corrected chi connectivity index (χ3v) is 3.52. The molecule has 0 bridgehead atoms. The monoisotopic (exact) mass is 249 g/mol. The van der Waals surface area contributed by atoms with Gasteiger partial charge in [0.05, 0.1) is 5.56 Å². The van der Waals surface area contributed by atoms with Crippen LogP contribution in [0.15, 0.2) is 17.1 Å². The molecule has 3 heteroatoms. The SMILES string of the molecule is C#Cc1c[nH]c(=O)c([C@@](F)(CCC)C(C)CC)c1. The van der Waals surface area contributed by atoms with Gasteiger partial charge in [0.25, 0.3) is 5.56 Å². The predicted octanol–water partition coefficient (Wildman–Crippen LogP) is 3.37. The van der Waals surface area contributed by atoms with Crippen molar-refractivity contribution in [3.63, 3.8) is 0 Å². The van der Waals surface area contributed by atoms with Crippen LogP contribution in [0.1, 0.15) is 51.2 Å². The van der Waals surface area contributed by atoms with E-state index in [2.05, 4.69) is 10.9 Å². The van der Waals surface area contributed by atoms with Crippen molar-refractivity contribution < 1.29 is 4.39 Å². The number of halogens is 1. The van der Waals surface area contributed by atoms with Gasteiger partial charge in [-0.2, -0.15) is 0 Å². The second-order valence-electron chi connectivity index (χ2n) is 4.70. The van der Waals surface area contributed by atoms with Crippen LogP contribution in [0.3, 0.4) is 0 Å². The van der Waals surface area contributed by atoms with Gasteiger partial charge in [0.15, 0.2) is 0 Å². The molecule has 1 aromatic heterocycles. The molecule has 1 aromatic rings. The highest BCUT2D eigenvalue weighted by molar-refractivity contribution is 5.34. The maximum atomic E-state index is 15.2. The molecule has 18 heavy (non-hydrogen) atoms. The number of pyridine rings is 1. The van der Waals surface area contributed by atoms with Crippen molar-refractivity contribution in [1.82, 2.24) is 4.98 Å². The van der Waals surface area contributed by atoms with Gasteiger partial charge in [0, 0.05) is 11.8 Å². The molecule has 0 aromatic carbocycles. The van der Waals surface area contributed by atoms with E-state index in [4.69, 9.17) is 6.42 Å². The molecule has 0 amide bonds. The lowest BCUT2D eigenvalue weighted by atomic mass is 9.79. The molecule has 0 fully saturated rings. The molecule has 1 rings (SSSR count).